The number of rotatable bonds is 5. The SMILES string of the molecule is N#Cc1ncccc1S(=O)(=O)N1CCCC(OCC2CC2)C1. The van der Waals surface area contributed by atoms with Gasteiger partial charge >= 0.3 is 0 Å². The van der Waals surface area contributed by atoms with Crippen LogP contribution < -0.4 is 0 Å². The van der Waals surface area contributed by atoms with Crippen molar-refractivity contribution in [3.8, 4) is 6.07 Å². The van der Waals surface area contributed by atoms with E-state index in [1.54, 1.807) is 6.07 Å². The number of sulfonamides is 1. The molecule has 0 aromatic carbocycles. The lowest BCUT2D eigenvalue weighted by atomic mass is 10.1. The van der Waals surface area contributed by atoms with E-state index in [-0.39, 0.29) is 16.7 Å². The Labute approximate surface area is 130 Å². The summed E-state index contributed by atoms with van der Waals surface area (Å²) < 4.78 is 32.7. The second-order valence-corrected chi connectivity index (χ2v) is 7.77. The normalized spacial score (nSPS) is 23.1. The van der Waals surface area contributed by atoms with E-state index in [9.17, 15) is 8.42 Å². The monoisotopic (exact) mass is 321 g/mol. The van der Waals surface area contributed by atoms with Crippen molar-refractivity contribution in [3.05, 3.63) is 24.0 Å². The molecule has 1 aromatic heterocycles. The van der Waals surface area contributed by atoms with Crippen molar-refractivity contribution in [3.63, 3.8) is 0 Å². The van der Waals surface area contributed by atoms with Crippen molar-refractivity contribution < 1.29 is 13.2 Å². The molecule has 1 saturated heterocycles. The predicted molar refractivity (Wildman–Crippen MR) is 79.4 cm³/mol. The second kappa shape index (κ2) is 6.32. The Morgan fingerprint density at radius 3 is 2.95 bits per heavy atom. The number of hydrogen-bond donors (Lipinski definition) is 0. The number of nitriles is 1. The lowest BCUT2D eigenvalue weighted by molar-refractivity contribution is 0.0133. The fourth-order valence-electron chi connectivity index (χ4n) is 2.64. The van der Waals surface area contributed by atoms with Crippen LogP contribution in [0.25, 0.3) is 0 Å². The minimum absolute atomic E-state index is 0.0136. The van der Waals surface area contributed by atoms with Crippen LogP contribution in [-0.2, 0) is 14.8 Å². The highest BCUT2D eigenvalue weighted by molar-refractivity contribution is 7.89. The summed E-state index contributed by atoms with van der Waals surface area (Å²) in [6.07, 6.45) is 5.47. The average Bonchev–Trinajstić information content (AvgIpc) is 3.37. The summed E-state index contributed by atoms with van der Waals surface area (Å²) in [4.78, 5) is 3.83. The minimum Gasteiger partial charge on any atom is -0.377 e. The molecular weight excluding hydrogens is 302 g/mol. The largest absolute Gasteiger partial charge is 0.377 e. The fraction of sp³-hybridized carbons (Fsp3) is 0.600. The first-order valence-electron chi connectivity index (χ1n) is 7.58. The topological polar surface area (TPSA) is 83.3 Å². The Bertz CT molecular complexity index is 680. The lowest BCUT2D eigenvalue weighted by Crippen LogP contribution is -2.43. The highest BCUT2D eigenvalue weighted by Crippen LogP contribution is 2.30. The maximum atomic E-state index is 12.7. The van der Waals surface area contributed by atoms with Gasteiger partial charge in [0.15, 0.2) is 5.69 Å². The van der Waals surface area contributed by atoms with Crippen LogP contribution in [0.5, 0.6) is 0 Å². The molecule has 1 saturated carbocycles. The number of pyridine rings is 1. The van der Waals surface area contributed by atoms with Crippen LogP contribution in [-0.4, -0.2) is 43.5 Å². The van der Waals surface area contributed by atoms with E-state index in [0.717, 1.165) is 19.4 Å². The van der Waals surface area contributed by atoms with Gasteiger partial charge in [0.05, 0.1) is 6.10 Å². The van der Waals surface area contributed by atoms with Gasteiger partial charge in [-0.3, -0.25) is 0 Å². The number of ether oxygens (including phenoxy) is 1. The standard InChI is InChI=1S/C15H19N3O3S/c16-9-14-15(4-1-7-17-14)22(19,20)18-8-2-3-13(10-18)21-11-12-5-6-12/h1,4,7,12-13H,2-3,5-6,8,10-11H2. The third kappa shape index (κ3) is 3.29. The maximum absolute atomic E-state index is 12.7. The Hall–Kier alpha value is -1.49. The van der Waals surface area contributed by atoms with Crippen LogP contribution in [0.15, 0.2) is 23.2 Å². The van der Waals surface area contributed by atoms with Crippen LogP contribution in [0.2, 0.25) is 0 Å². The molecule has 1 aliphatic heterocycles. The zero-order chi connectivity index (χ0) is 15.6. The molecule has 0 amide bonds. The smallest absolute Gasteiger partial charge is 0.246 e. The quantitative estimate of drug-likeness (QED) is 0.821. The number of hydrogen-bond acceptors (Lipinski definition) is 5. The highest BCUT2D eigenvalue weighted by Gasteiger charge is 2.33. The molecule has 1 unspecified atom stereocenters. The number of piperidine rings is 1. The highest BCUT2D eigenvalue weighted by atomic mass is 32.2. The van der Waals surface area contributed by atoms with Crippen LogP contribution in [0.3, 0.4) is 0 Å². The van der Waals surface area contributed by atoms with E-state index < -0.39 is 10.0 Å². The third-order valence-electron chi connectivity index (χ3n) is 4.10. The van der Waals surface area contributed by atoms with Crippen LogP contribution in [0.1, 0.15) is 31.4 Å². The second-order valence-electron chi connectivity index (χ2n) is 5.87. The fourth-order valence-corrected chi connectivity index (χ4v) is 4.24. The molecule has 2 aliphatic rings. The van der Waals surface area contributed by atoms with E-state index in [1.165, 1.54) is 29.4 Å². The summed E-state index contributed by atoms with van der Waals surface area (Å²) in [6.45, 7) is 1.55. The van der Waals surface area contributed by atoms with Gasteiger partial charge in [-0.2, -0.15) is 9.57 Å². The molecule has 6 nitrogen and oxygen atoms in total. The first-order chi connectivity index (χ1) is 10.6. The molecule has 0 N–H and O–H groups in total. The number of nitrogens with zero attached hydrogens (tertiary/aromatic N) is 3. The zero-order valence-electron chi connectivity index (χ0n) is 12.3. The van der Waals surface area contributed by atoms with Crippen molar-refractivity contribution in [2.75, 3.05) is 19.7 Å². The first-order valence-corrected chi connectivity index (χ1v) is 9.02. The average molecular weight is 321 g/mol. The van der Waals surface area contributed by atoms with Crippen molar-refractivity contribution in [2.45, 2.75) is 36.7 Å². The molecule has 118 valence electrons. The Kier molecular flexibility index (Phi) is 4.43. The Morgan fingerprint density at radius 1 is 1.41 bits per heavy atom. The summed E-state index contributed by atoms with van der Waals surface area (Å²) in [5.41, 5.74) is -0.0523. The van der Waals surface area contributed by atoms with Crippen molar-refractivity contribution in [1.82, 2.24) is 9.29 Å². The summed E-state index contributed by atoms with van der Waals surface area (Å²) in [5, 5.41) is 9.06. The van der Waals surface area contributed by atoms with E-state index >= 15 is 0 Å². The maximum Gasteiger partial charge on any atom is 0.246 e. The molecule has 0 radical (unpaired) electrons. The molecule has 1 aromatic rings. The first kappa shape index (κ1) is 15.4. The van der Waals surface area contributed by atoms with Crippen LogP contribution in [0, 0.1) is 17.2 Å². The minimum atomic E-state index is -3.69. The van der Waals surface area contributed by atoms with Crippen LogP contribution >= 0.6 is 0 Å². The molecule has 3 rings (SSSR count). The van der Waals surface area contributed by atoms with E-state index in [2.05, 4.69) is 4.98 Å². The van der Waals surface area contributed by atoms with Gasteiger partial charge in [-0.15, -0.1) is 0 Å². The molecular formula is C15H19N3O3S. The van der Waals surface area contributed by atoms with E-state index in [4.69, 9.17) is 10.00 Å². The van der Waals surface area contributed by atoms with Gasteiger partial charge in [0.25, 0.3) is 0 Å². The van der Waals surface area contributed by atoms with Crippen molar-refractivity contribution in [1.29, 1.82) is 5.26 Å². The molecule has 22 heavy (non-hydrogen) atoms. The molecule has 1 atom stereocenters. The predicted octanol–water partition coefficient (Wildman–Crippen LogP) is 1.53. The Morgan fingerprint density at radius 2 is 2.23 bits per heavy atom. The molecule has 1 aliphatic carbocycles. The molecule has 2 heterocycles. The van der Waals surface area contributed by atoms with Crippen molar-refractivity contribution >= 4 is 10.0 Å². The van der Waals surface area contributed by atoms with Crippen molar-refractivity contribution in [2.24, 2.45) is 5.92 Å². The summed E-state index contributed by atoms with van der Waals surface area (Å²) in [5.74, 6) is 0.662. The summed E-state index contributed by atoms with van der Waals surface area (Å²) in [7, 11) is -3.69. The zero-order valence-corrected chi connectivity index (χ0v) is 13.1. The van der Waals surface area contributed by atoms with Crippen LogP contribution in [0.4, 0.5) is 0 Å². The van der Waals surface area contributed by atoms with Gasteiger partial charge in [-0.1, -0.05) is 0 Å². The third-order valence-corrected chi connectivity index (χ3v) is 6.00. The van der Waals surface area contributed by atoms with Gasteiger partial charge < -0.3 is 4.74 Å². The van der Waals surface area contributed by atoms with Gasteiger partial charge in [0, 0.05) is 25.9 Å². The molecule has 7 heteroatoms. The Balaban J connectivity index is 1.74. The van der Waals surface area contributed by atoms with Gasteiger partial charge in [0.1, 0.15) is 11.0 Å². The lowest BCUT2D eigenvalue weighted by Gasteiger charge is -2.32. The summed E-state index contributed by atoms with van der Waals surface area (Å²) >= 11 is 0. The number of aromatic nitrogens is 1. The van der Waals surface area contributed by atoms with E-state index in [0.29, 0.717) is 19.0 Å². The van der Waals surface area contributed by atoms with Gasteiger partial charge in [-0.05, 0) is 43.7 Å². The molecule has 2 fully saturated rings. The van der Waals surface area contributed by atoms with Gasteiger partial charge in [0.2, 0.25) is 10.0 Å². The van der Waals surface area contributed by atoms with E-state index in [1.807, 2.05) is 6.07 Å². The molecule has 0 spiro atoms. The molecule has 0 bridgehead atoms. The summed E-state index contributed by atoms with van der Waals surface area (Å²) in [6, 6.07) is 4.83. The van der Waals surface area contributed by atoms with Gasteiger partial charge in [-0.25, -0.2) is 13.4 Å².